The second kappa shape index (κ2) is 6.75. The molecule has 0 aromatic heterocycles. The molecule has 6 rings (SSSR count). The molecule has 0 bridgehead atoms. The SMILES string of the molecule is C[Si]1(c2cccc3cc4ccc5cc6ccccc6cc5c4cc23)CO[Si][Si][Si]1. The summed E-state index contributed by atoms with van der Waals surface area (Å²) < 4.78 is 6.00. The van der Waals surface area contributed by atoms with Crippen LogP contribution in [-0.2, 0) is 4.43 Å². The van der Waals surface area contributed by atoms with E-state index in [0.717, 1.165) is 32.6 Å². The molecular formula is C24H18OSi4. The van der Waals surface area contributed by atoms with Crippen LogP contribution >= 0.6 is 0 Å². The predicted octanol–water partition coefficient (Wildman–Crippen LogP) is 4.51. The molecule has 0 saturated carbocycles. The Morgan fingerprint density at radius 1 is 0.690 bits per heavy atom. The van der Waals surface area contributed by atoms with E-state index < -0.39 is 7.59 Å². The molecule has 5 heteroatoms. The third-order valence-electron chi connectivity index (χ3n) is 6.12. The normalized spacial score (nSPS) is 20.0. The minimum absolute atomic E-state index is 0.727. The highest BCUT2D eigenvalue weighted by molar-refractivity contribution is 7.56. The van der Waals surface area contributed by atoms with Gasteiger partial charge in [0.2, 0.25) is 9.28 Å². The van der Waals surface area contributed by atoms with Gasteiger partial charge in [-0.1, -0.05) is 66.3 Å². The van der Waals surface area contributed by atoms with Gasteiger partial charge in [-0.3, -0.25) is 0 Å². The van der Waals surface area contributed by atoms with Crippen molar-refractivity contribution >= 4 is 82.3 Å². The summed E-state index contributed by atoms with van der Waals surface area (Å²) in [6.07, 6.45) is 0.980. The Balaban J connectivity index is 1.69. The summed E-state index contributed by atoms with van der Waals surface area (Å²) in [6, 6.07) is 29.7. The Kier molecular flexibility index (Phi) is 4.14. The van der Waals surface area contributed by atoms with Gasteiger partial charge >= 0.3 is 0 Å². The van der Waals surface area contributed by atoms with Crippen LogP contribution in [0.25, 0.3) is 43.1 Å². The molecule has 1 heterocycles. The van der Waals surface area contributed by atoms with Crippen LogP contribution in [0.4, 0.5) is 0 Å². The number of fused-ring (bicyclic) bond motifs is 5. The molecule has 1 saturated heterocycles. The fourth-order valence-electron chi connectivity index (χ4n) is 4.57. The van der Waals surface area contributed by atoms with Crippen molar-refractivity contribution in [2.24, 2.45) is 0 Å². The third kappa shape index (κ3) is 2.88. The number of hydrogen-bond donors (Lipinski definition) is 0. The van der Waals surface area contributed by atoms with Crippen molar-refractivity contribution < 1.29 is 4.43 Å². The Bertz CT molecular complexity index is 1410. The molecule has 136 valence electrons. The van der Waals surface area contributed by atoms with E-state index >= 15 is 0 Å². The quantitative estimate of drug-likeness (QED) is 0.214. The van der Waals surface area contributed by atoms with Crippen LogP contribution < -0.4 is 5.19 Å². The Morgan fingerprint density at radius 2 is 1.34 bits per heavy atom. The molecule has 0 aliphatic carbocycles. The molecule has 0 spiro atoms. The molecule has 5 aromatic rings. The van der Waals surface area contributed by atoms with Gasteiger partial charge in [0.25, 0.3) is 0 Å². The summed E-state index contributed by atoms with van der Waals surface area (Å²) in [5.74, 6) is 0. The molecule has 0 N–H and O–H groups in total. The van der Waals surface area contributed by atoms with Gasteiger partial charge in [-0.2, -0.15) is 0 Å². The average Bonchev–Trinajstić information content (AvgIpc) is 2.76. The number of rotatable bonds is 1. The fourth-order valence-corrected chi connectivity index (χ4v) is 26.1. The van der Waals surface area contributed by atoms with Gasteiger partial charge in [0.05, 0.1) is 7.59 Å². The Labute approximate surface area is 178 Å². The smallest absolute Gasteiger partial charge is 0.201 e. The lowest BCUT2D eigenvalue weighted by Gasteiger charge is -2.32. The van der Waals surface area contributed by atoms with E-state index in [0.29, 0.717) is 0 Å². The molecule has 1 aliphatic heterocycles. The van der Waals surface area contributed by atoms with Crippen molar-refractivity contribution in [3.05, 3.63) is 78.9 Å². The zero-order valence-corrected chi connectivity index (χ0v) is 20.1. The first-order valence-corrected chi connectivity index (χ1v) is 18.5. The molecule has 29 heavy (non-hydrogen) atoms. The highest BCUT2D eigenvalue weighted by atomic mass is 29.7. The van der Waals surface area contributed by atoms with Crippen molar-refractivity contribution in [1.29, 1.82) is 0 Å². The van der Waals surface area contributed by atoms with Crippen LogP contribution in [0.1, 0.15) is 0 Å². The van der Waals surface area contributed by atoms with E-state index in [1.165, 1.54) is 43.1 Å². The molecule has 0 amide bonds. The molecule has 6 radical (unpaired) electrons. The van der Waals surface area contributed by atoms with Crippen molar-refractivity contribution in [3.63, 3.8) is 0 Å². The average molecular weight is 435 g/mol. The van der Waals surface area contributed by atoms with Crippen LogP contribution in [0.2, 0.25) is 6.55 Å². The van der Waals surface area contributed by atoms with Gasteiger partial charge in [0.1, 0.15) is 0 Å². The molecule has 5 aromatic carbocycles. The second-order valence-corrected chi connectivity index (χ2v) is 22.5. The molecule has 1 atom stereocenters. The lowest BCUT2D eigenvalue weighted by molar-refractivity contribution is 0.415. The van der Waals surface area contributed by atoms with Gasteiger partial charge in [-0.05, 0) is 67.4 Å². The fraction of sp³-hybridized carbons (Fsp3) is 0.0833. The molecule has 1 fully saturated rings. The molecular weight excluding hydrogens is 417 g/mol. The first-order valence-electron chi connectivity index (χ1n) is 9.89. The molecule has 1 aliphatic rings. The minimum atomic E-state index is -1.55. The summed E-state index contributed by atoms with van der Waals surface area (Å²) in [7, 11) is 1.26. The number of benzene rings is 5. The Hall–Kier alpha value is -2.03. The zero-order chi connectivity index (χ0) is 19.4. The van der Waals surface area contributed by atoms with Crippen LogP contribution in [0, 0.1) is 0 Å². The van der Waals surface area contributed by atoms with E-state index in [4.69, 9.17) is 4.43 Å². The monoisotopic (exact) mass is 434 g/mol. The standard InChI is InChI=1S/C24H18OSi4/c1-29(15-25-26-27-28-29)24-8-4-7-18-12-20-10-9-19-11-16-5-2-3-6-17(16)13-21(19)22(20)14-23(18)24/h2-14H,15H2,1H3. The van der Waals surface area contributed by atoms with Gasteiger partial charge < -0.3 is 4.43 Å². The summed E-state index contributed by atoms with van der Waals surface area (Å²) in [4.78, 5) is 0. The van der Waals surface area contributed by atoms with Gasteiger partial charge in [-0.25, -0.2) is 0 Å². The first kappa shape index (κ1) is 17.8. The van der Waals surface area contributed by atoms with Crippen molar-refractivity contribution in [1.82, 2.24) is 0 Å². The minimum Gasteiger partial charge on any atom is -0.425 e. The van der Waals surface area contributed by atoms with Gasteiger partial charge in [-0.15, -0.1) is 0 Å². The second-order valence-electron chi connectivity index (χ2n) is 8.06. The van der Waals surface area contributed by atoms with Crippen molar-refractivity contribution in [2.75, 3.05) is 6.23 Å². The van der Waals surface area contributed by atoms with E-state index in [2.05, 4.69) is 85.4 Å². The van der Waals surface area contributed by atoms with Crippen LogP contribution in [0.5, 0.6) is 0 Å². The van der Waals surface area contributed by atoms with Crippen LogP contribution in [0.3, 0.4) is 0 Å². The summed E-state index contributed by atoms with van der Waals surface area (Å²) in [5, 5.41) is 12.4. The largest absolute Gasteiger partial charge is 0.425 e. The maximum atomic E-state index is 6.00. The topological polar surface area (TPSA) is 9.23 Å². The van der Waals surface area contributed by atoms with Crippen LogP contribution in [-0.4, -0.2) is 40.2 Å². The molecule has 1 unspecified atom stereocenters. The van der Waals surface area contributed by atoms with Gasteiger partial charge in [0.15, 0.2) is 0 Å². The van der Waals surface area contributed by atoms with Gasteiger partial charge in [0, 0.05) is 23.3 Å². The lowest BCUT2D eigenvalue weighted by atomic mass is 9.96. The zero-order valence-electron chi connectivity index (χ0n) is 16.1. The predicted molar refractivity (Wildman–Crippen MR) is 131 cm³/mol. The molecule has 1 nitrogen and oxygen atoms in total. The van der Waals surface area contributed by atoms with E-state index in [1.54, 1.807) is 5.19 Å². The van der Waals surface area contributed by atoms with Crippen LogP contribution in [0.15, 0.2) is 78.9 Å². The summed E-state index contributed by atoms with van der Waals surface area (Å²) >= 11 is 0. The van der Waals surface area contributed by atoms with Crippen molar-refractivity contribution in [2.45, 2.75) is 6.55 Å². The lowest BCUT2D eigenvalue weighted by Crippen LogP contribution is -2.61. The van der Waals surface area contributed by atoms with E-state index in [9.17, 15) is 0 Å². The summed E-state index contributed by atoms with van der Waals surface area (Å²) in [5.41, 5.74) is 0. The highest BCUT2D eigenvalue weighted by Crippen LogP contribution is 2.32. The van der Waals surface area contributed by atoms with E-state index in [-0.39, 0.29) is 0 Å². The van der Waals surface area contributed by atoms with E-state index in [1.807, 2.05) is 0 Å². The maximum Gasteiger partial charge on any atom is 0.201 e. The third-order valence-corrected chi connectivity index (χ3v) is 24.2. The maximum absolute atomic E-state index is 6.00. The highest BCUT2D eigenvalue weighted by Gasteiger charge is 2.34. The van der Waals surface area contributed by atoms with Crippen molar-refractivity contribution in [3.8, 4) is 0 Å². The first-order chi connectivity index (χ1) is 14.2. The Morgan fingerprint density at radius 3 is 2.10 bits per heavy atom. The summed E-state index contributed by atoms with van der Waals surface area (Å²) in [6.45, 7) is 2.53. The number of hydrogen-bond acceptors (Lipinski definition) is 1.